The van der Waals surface area contributed by atoms with E-state index in [0.717, 1.165) is 5.56 Å². The Morgan fingerprint density at radius 3 is 2.81 bits per heavy atom. The van der Waals surface area contributed by atoms with Gasteiger partial charge in [0.15, 0.2) is 5.69 Å². The van der Waals surface area contributed by atoms with E-state index in [1.54, 1.807) is 37.3 Å². The standard InChI is InChI=1S/C18H13ClN6O2/c1-11-20-17(23-27-11)12-5-4-6-13(9-12)21-18(26)15-10-25(24-22-15)16-8-3-2-7-14(16)19/h2-10H,1H3,(H,21,26). The van der Waals surface area contributed by atoms with Crippen molar-refractivity contribution in [3.8, 4) is 17.1 Å². The molecule has 1 N–H and O–H groups in total. The molecule has 0 saturated carbocycles. The Kier molecular flexibility index (Phi) is 4.39. The molecule has 8 nitrogen and oxygen atoms in total. The van der Waals surface area contributed by atoms with E-state index in [0.29, 0.717) is 28.1 Å². The van der Waals surface area contributed by atoms with Gasteiger partial charge in [-0.3, -0.25) is 4.79 Å². The molecule has 0 bridgehead atoms. The van der Waals surface area contributed by atoms with E-state index >= 15 is 0 Å². The summed E-state index contributed by atoms with van der Waals surface area (Å²) >= 11 is 6.15. The Labute approximate surface area is 158 Å². The van der Waals surface area contributed by atoms with E-state index in [1.165, 1.54) is 10.9 Å². The van der Waals surface area contributed by atoms with E-state index < -0.39 is 5.91 Å². The maximum Gasteiger partial charge on any atom is 0.277 e. The number of rotatable bonds is 4. The lowest BCUT2D eigenvalue weighted by Gasteiger charge is -2.04. The molecule has 2 aromatic carbocycles. The lowest BCUT2D eigenvalue weighted by molar-refractivity contribution is 0.102. The van der Waals surface area contributed by atoms with Crippen LogP contribution in [0.3, 0.4) is 0 Å². The van der Waals surface area contributed by atoms with Crippen LogP contribution in [0.4, 0.5) is 5.69 Å². The van der Waals surface area contributed by atoms with Crippen LogP contribution < -0.4 is 5.32 Å². The zero-order valence-electron chi connectivity index (χ0n) is 14.1. The molecular weight excluding hydrogens is 368 g/mol. The third-order valence-corrected chi connectivity index (χ3v) is 4.05. The first-order chi connectivity index (χ1) is 13.1. The molecule has 27 heavy (non-hydrogen) atoms. The van der Waals surface area contributed by atoms with E-state index in [2.05, 4.69) is 25.8 Å². The minimum absolute atomic E-state index is 0.163. The van der Waals surface area contributed by atoms with Crippen molar-refractivity contribution in [1.29, 1.82) is 0 Å². The number of amides is 1. The van der Waals surface area contributed by atoms with Crippen LogP contribution in [-0.4, -0.2) is 31.0 Å². The van der Waals surface area contributed by atoms with Crippen molar-refractivity contribution >= 4 is 23.2 Å². The van der Waals surface area contributed by atoms with Gasteiger partial charge in [-0.1, -0.05) is 46.2 Å². The third-order valence-electron chi connectivity index (χ3n) is 3.73. The molecule has 134 valence electrons. The first-order valence-corrected chi connectivity index (χ1v) is 8.37. The highest BCUT2D eigenvalue weighted by atomic mass is 35.5. The van der Waals surface area contributed by atoms with Gasteiger partial charge in [0.05, 0.1) is 16.9 Å². The van der Waals surface area contributed by atoms with Crippen LogP contribution in [0.2, 0.25) is 5.02 Å². The molecule has 0 aliphatic heterocycles. The van der Waals surface area contributed by atoms with Gasteiger partial charge in [0.2, 0.25) is 11.7 Å². The largest absolute Gasteiger partial charge is 0.339 e. The second-order valence-electron chi connectivity index (χ2n) is 5.67. The maximum absolute atomic E-state index is 12.5. The van der Waals surface area contributed by atoms with Gasteiger partial charge in [-0.25, -0.2) is 4.68 Å². The molecule has 4 aromatic rings. The number of aromatic nitrogens is 5. The molecule has 1 amide bonds. The number of hydrogen-bond donors (Lipinski definition) is 1. The number of aryl methyl sites for hydroxylation is 1. The number of nitrogens with zero attached hydrogens (tertiary/aromatic N) is 5. The number of carbonyl (C=O) groups excluding carboxylic acids is 1. The molecule has 9 heteroatoms. The first-order valence-electron chi connectivity index (χ1n) is 7.99. The monoisotopic (exact) mass is 380 g/mol. The first kappa shape index (κ1) is 16.9. The fraction of sp³-hybridized carbons (Fsp3) is 0.0556. The number of nitrogens with one attached hydrogen (secondary N) is 1. The SMILES string of the molecule is Cc1nc(-c2cccc(NC(=O)c3cn(-c4ccccc4Cl)nn3)c2)no1. The van der Waals surface area contributed by atoms with Crippen LogP contribution in [0.25, 0.3) is 17.1 Å². The number of benzene rings is 2. The highest BCUT2D eigenvalue weighted by Gasteiger charge is 2.14. The van der Waals surface area contributed by atoms with Crippen LogP contribution in [0, 0.1) is 6.92 Å². The summed E-state index contributed by atoms with van der Waals surface area (Å²) in [5.41, 5.74) is 2.10. The van der Waals surface area contributed by atoms with Crippen LogP contribution in [0.15, 0.2) is 59.3 Å². The van der Waals surface area contributed by atoms with Crippen LogP contribution >= 0.6 is 11.6 Å². The van der Waals surface area contributed by atoms with E-state index in [1.807, 2.05) is 18.2 Å². The van der Waals surface area contributed by atoms with Gasteiger partial charge in [0, 0.05) is 18.2 Å². The molecular formula is C18H13ClN6O2. The number of carbonyl (C=O) groups is 1. The minimum atomic E-state index is -0.394. The van der Waals surface area contributed by atoms with Gasteiger partial charge < -0.3 is 9.84 Å². The Morgan fingerprint density at radius 2 is 2.04 bits per heavy atom. The highest BCUT2D eigenvalue weighted by Crippen LogP contribution is 2.21. The smallest absolute Gasteiger partial charge is 0.277 e. The van der Waals surface area contributed by atoms with Crippen molar-refractivity contribution < 1.29 is 9.32 Å². The lowest BCUT2D eigenvalue weighted by atomic mass is 10.2. The highest BCUT2D eigenvalue weighted by molar-refractivity contribution is 6.32. The summed E-state index contributed by atoms with van der Waals surface area (Å²) in [5, 5.41) is 15.0. The van der Waals surface area contributed by atoms with Crippen LogP contribution in [0.5, 0.6) is 0 Å². The quantitative estimate of drug-likeness (QED) is 0.581. The lowest BCUT2D eigenvalue weighted by Crippen LogP contribution is -2.12. The van der Waals surface area contributed by atoms with Crippen molar-refractivity contribution in [1.82, 2.24) is 25.1 Å². The Balaban J connectivity index is 1.54. The number of halogens is 1. The minimum Gasteiger partial charge on any atom is -0.339 e. The zero-order chi connectivity index (χ0) is 18.8. The second-order valence-corrected chi connectivity index (χ2v) is 6.08. The average molecular weight is 381 g/mol. The number of anilines is 1. The summed E-state index contributed by atoms with van der Waals surface area (Å²) in [4.78, 5) is 16.7. The Bertz CT molecular complexity index is 1120. The second kappa shape index (κ2) is 7.00. The van der Waals surface area contributed by atoms with Gasteiger partial charge in [-0.2, -0.15) is 4.98 Å². The molecule has 0 radical (unpaired) electrons. The van der Waals surface area contributed by atoms with Crippen molar-refractivity contribution in [2.24, 2.45) is 0 Å². The number of para-hydroxylation sites is 1. The van der Waals surface area contributed by atoms with Crippen molar-refractivity contribution in [3.63, 3.8) is 0 Å². The summed E-state index contributed by atoms with van der Waals surface area (Å²) in [7, 11) is 0. The molecule has 4 rings (SSSR count). The molecule has 0 unspecified atom stereocenters. The normalized spacial score (nSPS) is 10.7. The fourth-order valence-electron chi connectivity index (χ4n) is 2.47. The Morgan fingerprint density at radius 1 is 1.19 bits per heavy atom. The van der Waals surface area contributed by atoms with Gasteiger partial charge in [-0.05, 0) is 24.3 Å². The molecule has 0 aliphatic rings. The summed E-state index contributed by atoms with van der Waals surface area (Å²) in [6.07, 6.45) is 1.52. The summed E-state index contributed by atoms with van der Waals surface area (Å²) in [6.45, 7) is 1.71. The maximum atomic E-state index is 12.5. The van der Waals surface area contributed by atoms with Crippen molar-refractivity contribution in [3.05, 3.63) is 71.3 Å². The molecule has 0 spiro atoms. The van der Waals surface area contributed by atoms with Gasteiger partial charge in [0.25, 0.3) is 5.91 Å². The summed E-state index contributed by atoms with van der Waals surface area (Å²) in [6, 6.07) is 14.3. The van der Waals surface area contributed by atoms with Gasteiger partial charge in [-0.15, -0.1) is 5.10 Å². The number of hydrogen-bond acceptors (Lipinski definition) is 6. The third kappa shape index (κ3) is 3.56. The fourth-order valence-corrected chi connectivity index (χ4v) is 2.69. The van der Waals surface area contributed by atoms with Gasteiger partial charge >= 0.3 is 0 Å². The summed E-state index contributed by atoms with van der Waals surface area (Å²) in [5.74, 6) is 0.527. The zero-order valence-corrected chi connectivity index (χ0v) is 14.9. The topological polar surface area (TPSA) is 98.7 Å². The molecule has 2 aromatic heterocycles. The van der Waals surface area contributed by atoms with Crippen LogP contribution in [0.1, 0.15) is 16.4 Å². The molecule has 0 fully saturated rings. The summed E-state index contributed by atoms with van der Waals surface area (Å²) < 4.78 is 6.44. The Hall–Kier alpha value is -3.52. The average Bonchev–Trinajstić information content (AvgIpc) is 3.32. The predicted molar refractivity (Wildman–Crippen MR) is 98.8 cm³/mol. The van der Waals surface area contributed by atoms with Crippen LogP contribution in [-0.2, 0) is 0 Å². The van der Waals surface area contributed by atoms with E-state index in [-0.39, 0.29) is 5.69 Å². The van der Waals surface area contributed by atoms with E-state index in [4.69, 9.17) is 16.1 Å². The van der Waals surface area contributed by atoms with Crippen molar-refractivity contribution in [2.75, 3.05) is 5.32 Å². The molecule has 0 atom stereocenters. The molecule has 0 saturated heterocycles. The predicted octanol–water partition coefficient (Wildman–Crippen LogP) is 3.53. The van der Waals surface area contributed by atoms with Gasteiger partial charge in [0.1, 0.15) is 0 Å². The van der Waals surface area contributed by atoms with E-state index in [9.17, 15) is 4.79 Å². The van der Waals surface area contributed by atoms with Crippen molar-refractivity contribution in [2.45, 2.75) is 6.92 Å². The molecule has 0 aliphatic carbocycles. The molecule has 2 heterocycles.